The Morgan fingerprint density at radius 3 is 2.94 bits per heavy atom. The molecule has 1 aliphatic carbocycles. The number of nitrogens with zero attached hydrogens (tertiary/aromatic N) is 4. The molecule has 6 nitrogen and oxygen atoms in total. The zero-order valence-corrected chi connectivity index (χ0v) is 11.6. The maximum absolute atomic E-state index is 10.3. The fourth-order valence-electron chi connectivity index (χ4n) is 2.18. The molecule has 1 aromatic rings. The molecule has 1 saturated carbocycles. The monoisotopic (exact) mass is 271 g/mol. The van der Waals surface area contributed by atoms with Crippen LogP contribution in [0.5, 0.6) is 0 Å². The second-order valence-electron chi connectivity index (χ2n) is 4.76. The van der Waals surface area contributed by atoms with Crippen LogP contribution < -0.4 is 5.32 Å². The van der Waals surface area contributed by atoms with Crippen LogP contribution in [-0.2, 0) is 6.54 Å². The third-order valence-electron chi connectivity index (χ3n) is 3.25. The number of hydrogen-bond donors (Lipinski definition) is 2. The molecule has 2 N–H and O–H groups in total. The van der Waals surface area contributed by atoms with Gasteiger partial charge in [0.1, 0.15) is 0 Å². The molecule has 0 aromatic carbocycles. The van der Waals surface area contributed by atoms with Crippen LogP contribution in [0.1, 0.15) is 32.6 Å². The summed E-state index contributed by atoms with van der Waals surface area (Å²) in [7, 11) is 0. The Kier molecular flexibility index (Phi) is 4.96. The Bertz CT molecular complexity index is 364. The van der Waals surface area contributed by atoms with Crippen LogP contribution in [0.2, 0.25) is 0 Å². The summed E-state index contributed by atoms with van der Waals surface area (Å²) < 4.78 is 1.80. The predicted octanol–water partition coefficient (Wildman–Crippen LogP) is 0.680. The Morgan fingerprint density at radius 2 is 2.22 bits per heavy atom. The highest BCUT2D eigenvalue weighted by molar-refractivity contribution is 7.99. The van der Waals surface area contributed by atoms with E-state index in [-0.39, 0.29) is 0 Å². The highest BCUT2D eigenvalue weighted by atomic mass is 32.2. The first-order valence-electron chi connectivity index (χ1n) is 6.55. The van der Waals surface area contributed by atoms with Gasteiger partial charge in [-0.05, 0) is 29.8 Å². The van der Waals surface area contributed by atoms with Gasteiger partial charge in [-0.15, -0.1) is 5.10 Å². The van der Waals surface area contributed by atoms with Gasteiger partial charge >= 0.3 is 0 Å². The molecule has 0 amide bonds. The van der Waals surface area contributed by atoms with Gasteiger partial charge in [-0.2, -0.15) is 0 Å². The SMILES string of the molecule is CCNCCn1nnnc1SCC1(O)CCCC1. The van der Waals surface area contributed by atoms with E-state index in [1.165, 1.54) is 0 Å². The minimum absolute atomic E-state index is 0.511. The number of nitrogens with one attached hydrogen (secondary N) is 1. The minimum Gasteiger partial charge on any atom is -0.389 e. The number of aliphatic hydroxyl groups is 1. The summed E-state index contributed by atoms with van der Waals surface area (Å²) in [5, 5.41) is 26.0. The summed E-state index contributed by atoms with van der Waals surface area (Å²) in [5.74, 6) is 0.689. The molecule has 2 rings (SSSR count). The first-order valence-corrected chi connectivity index (χ1v) is 7.54. The molecule has 0 bridgehead atoms. The normalized spacial score (nSPS) is 18.3. The quantitative estimate of drug-likeness (QED) is 0.561. The number of aromatic nitrogens is 4. The molecule has 7 heteroatoms. The van der Waals surface area contributed by atoms with Crippen molar-refractivity contribution >= 4 is 11.8 Å². The molecule has 1 fully saturated rings. The molecule has 1 aliphatic rings. The Hall–Kier alpha value is -0.660. The van der Waals surface area contributed by atoms with Gasteiger partial charge in [0, 0.05) is 12.3 Å². The Labute approximate surface area is 112 Å². The molecule has 0 spiro atoms. The molecule has 18 heavy (non-hydrogen) atoms. The van der Waals surface area contributed by atoms with Gasteiger partial charge in [0.05, 0.1) is 12.1 Å². The fourth-order valence-corrected chi connectivity index (χ4v) is 3.24. The van der Waals surface area contributed by atoms with Crippen molar-refractivity contribution in [1.82, 2.24) is 25.5 Å². The van der Waals surface area contributed by atoms with Gasteiger partial charge in [-0.3, -0.25) is 0 Å². The summed E-state index contributed by atoms with van der Waals surface area (Å²) in [4.78, 5) is 0. The van der Waals surface area contributed by atoms with Gasteiger partial charge in [0.2, 0.25) is 5.16 Å². The van der Waals surface area contributed by atoms with E-state index in [1.807, 2.05) is 0 Å². The number of hydrogen-bond acceptors (Lipinski definition) is 6. The highest BCUT2D eigenvalue weighted by Gasteiger charge is 2.31. The molecule has 0 radical (unpaired) electrons. The van der Waals surface area contributed by atoms with Crippen LogP contribution >= 0.6 is 11.8 Å². The second-order valence-corrected chi connectivity index (χ2v) is 5.70. The summed E-state index contributed by atoms with van der Waals surface area (Å²) in [5.41, 5.74) is -0.511. The lowest BCUT2D eigenvalue weighted by Crippen LogP contribution is -2.27. The van der Waals surface area contributed by atoms with Gasteiger partial charge < -0.3 is 10.4 Å². The number of likely N-dealkylation sites (N-methyl/N-ethyl adjacent to an activating group) is 1. The summed E-state index contributed by atoms with van der Waals surface area (Å²) in [6.07, 6.45) is 4.06. The lowest BCUT2D eigenvalue weighted by Gasteiger charge is -2.20. The van der Waals surface area contributed by atoms with Crippen molar-refractivity contribution in [3.8, 4) is 0 Å². The molecule has 0 atom stereocenters. The average Bonchev–Trinajstić information content (AvgIpc) is 2.97. The summed E-state index contributed by atoms with van der Waals surface area (Å²) in [6.45, 7) is 4.65. The van der Waals surface area contributed by atoms with E-state index in [1.54, 1.807) is 16.4 Å². The Morgan fingerprint density at radius 1 is 1.44 bits per heavy atom. The molecule has 0 aliphatic heterocycles. The first kappa shape index (κ1) is 13.8. The first-order chi connectivity index (χ1) is 8.73. The zero-order chi connectivity index (χ0) is 12.8. The standard InChI is InChI=1S/C11H21N5OS/c1-2-12-7-8-16-10(13-14-15-16)18-9-11(17)5-3-4-6-11/h12,17H,2-9H2,1H3. The second kappa shape index (κ2) is 6.49. The lowest BCUT2D eigenvalue weighted by atomic mass is 10.1. The van der Waals surface area contributed by atoms with Gasteiger partial charge in [0.25, 0.3) is 0 Å². The van der Waals surface area contributed by atoms with E-state index in [9.17, 15) is 5.11 Å². The van der Waals surface area contributed by atoms with E-state index >= 15 is 0 Å². The third kappa shape index (κ3) is 3.66. The number of tetrazole rings is 1. The van der Waals surface area contributed by atoms with Crippen LogP contribution in [0.4, 0.5) is 0 Å². The third-order valence-corrected chi connectivity index (χ3v) is 4.49. The molecule has 1 heterocycles. The minimum atomic E-state index is -0.511. The van der Waals surface area contributed by atoms with E-state index in [0.29, 0.717) is 5.75 Å². The lowest BCUT2D eigenvalue weighted by molar-refractivity contribution is 0.0732. The maximum atomic E-state index is 10.3. The van der Waals surface area contributed by atoms with Gasteiger partial charge in [-0.25, -0.2) is 4.68 Å². The van der Waals surface area contributed by atoms with Crippen LogP contribution in [0, 0.1) is 0 Å². The van der Waals surface area contributed by atoms with Crippen molar-refractivity contribution in [3.05, 3.63) is 0 Å². The number of thioether (sulfide) groups is 1. The van der Waals surface area contributed by atoms with Crippen molar-refractivity contribution in [1.29, 1.82) is 0 Å². The van der Waals surface area contributed by atoms with Crippen LogP contribution in [0.15, 0.2) is 5.16 Å². The molecule has 1 aromatic heterocycles. The van der Waals surface area contributed by atoms with Crippen molar-refractivity contribution in [2.24, 2.45) is 0 Å². The van der Waals surface area contributed by atoms with Crippen molar-refractivity contribution in [2.45, 2.75) is 49.9 Å². The van der Waals surface area contributed by atoms with Crippen molar-refractivity contribution < 1.29 is 5.11 Å². The van der Waals surface area contributed by atoms with E-state index in [2.05, 4.69) is 27.8 Å². The smallest absolute Gasteiger partial charge is 0.209 e. The average molecular weight is 271 g/mol. The largest absolute Gasteiger partial charge is 0.389 e. The fraction of sp³-hybridized carbons (Fsp3) is 0.909. The Balaban J connectivity index is 1.83. The summed E-state index contributed by atoms with van der Waals surface area (Å²) in [6, 6.07) is 0. The maximum Gasteiger partial charge on any atom is 0.209 e. The van der Waals surface area contributed by atoms with E-state index in [4.69, 9.17) is 0 Å². The zero-order valence-electron chi connectivity index (χ0n) is 10.8. The number of rotatable bonds is 7. The predicted molar refractivity (Wildman–Crippen MR) is 70.5 cm³/mol. The van der Waals surface area contributed by atoms with Crippen molar-refractivity contribution in [3.63, 3.8) is 0 Å². The van der Waals surface area contributed by atoms with Gasteiger partial charge in [-0.1, -0.05) is 31.5 Å². The molecular formula is C11H21N5OS. The molecule has 0 saturated heterocycles. The van der Waals surface area contributed by atoms with E-state index < -0.39 is 5.60 Å². The topological polar surface area (TPSA) is 75.9 Å². The van der Waals surface area contributed by atoms with Gasteiger partial charge in [0.15, 0.2) is 0 Å². The molecule has 0 unspecified atom stereocenters. The van der Waals surface area contributed by atoms with E-state index in [0.717, 1.165) is 50.5 Å². The van der Waals surface area contributed by atoms with Crippen LogP contribution in [0.3, 0.4) is 0 Å². The molecular weight excluding hydrogens is 250 g/mol. The van der Waals surface area contributed by atoms with Crippen LogP contribution in [0.25, 0.3) is 0 Å². The molecule has 102 valence electrons. The van der Waals surface area contributed by atoms with Crippen molar-refractivity contribution in [2.75, 3.05) is 18.8 Å². The highest BCUT2D eigenvalue weighted by Crippen LogP contribution is 2.33. The van der Waals surface area contributed by atoms with Crippen LogP contribution in [-0.4, -0.2) is 49.8 Å². The summed E-state index contributed by atoms with van der Waals surface area (Å²) >= 11 is 1.56.